The van der Waals surface area contributed by atoms with E-state index in [4.69, 9.17) is 4.74 Å². The summed E-state index contributed by atoms with van der Waals surface area (Å²) in [5.74, 6) is -0.277. The van der Waals surface area contributed by atoms with Crippen LogP contribution in [0.15, 0.2) is 12.3 Å². The van der Waals surface area contributed by atoms with Crippen molar-refractivity contribution in [3.8, 4) is 0 Å². The van der Waals surface area contributed by atoms with E-state index in [9.17, 15) is 27.9 Å². The number of piperazine rings is 1. The molecule has 1 fully saturated rings. The highest BCUT2D eigenvalue weighted by Gasteiger charge is 2.45. The highest BCUT2D eigenvalue weighted by Crippen LogP contribution is 2.39. The molecule has 2 aliphatic heterocycles. The van der Waals surface area contributed by atoms with Gasteiger partial charge in [-0.2, -0.15) is 13.2 Å². The Bertz CT molecular complexity index is 809. The van der Waals surface area contributed by atoms with E-state index >= 15 is 0 Å². The van der Waals surface area contributed by atoms with Gasteiger partial charge in [0.25, 0.3) is 5.91 Å². The van der Waals surface area contributed by atoms with Crippen molar-refractivity contribution in [3.63, 3.8) is 0 Å². The minimum absolute atomic E-state index is 0.000781. The van der Waals surface area contributed by atoms with Gasteiger partial charge in [0.1, 0.15) is 11.6 Å². The monoisotopic (exact) mass is 416 g/mol. The molecule has 11 heteroatoms. The summed E-state index contributed by atoms with van der Waals surface area (Å²) in [4.78, 5) is 33.5. The maximum Gasteiger partial charge on any atom is 0.417 e. The van der Waals surface area contributed by atoms with Gasteiger partial charge in [-0.3, -0.25) is 4.79 Å². The molecular weight excluding hydrogens is 393 g/mol. The lowest BCUT2D eigenvalue weighted by molar-refractivity contribution is -0.138. The minimum Gasteiger partial charge on any atom is -0.444 e. The van der Waals surface area contributed by atoms with E-state index in [1.807, 2.05) is 0 Å². The Morgan fingerprint density at radius 1 is 1.31 bits per heavy atom. The summed E-state index contributed by atoms with van der Waals surface area (Å²) in [5, 5.41) is 9.32. The van der Waals surface area contributed by atoms with Crippen molar-refractivity contribution in [1.29, 1.82) is 0 Å². The molecule has 0 radical (unpaired) electrons. The van der Waals surface area contributed by atoms with Gasteiger partial charge in [-0.15, -0.1) is 0 Å². The third kappa shape index (κ3) is 4.24. The number of rotatable bonds is 2. The SMILES string of the molecule is CC(C)(C)OC(=O)N1CCN2c3ncc(C(F)(F)F)cc3N(CCO)C(=O)[C@@H]2C1. The maximum absolute atomic E-state index is 13.1. The van der Waals surface area contributed by atoms with E-state index < -0.39 is 42.0 Å². The van der Waals surface area contributed by atoms with Gasteiger partial charge in [0.2, 0.25) is 0 Å². The van der Waals surface area contributed by atoms with E-state index in [-0.39, 0.29) is 37.7 Å². The van der Waals surface area contributed by atoms with E-state index in [0.717, 1.165) is 17.2 Å². The number of aliphatic hydroxyl groups is 1. The number of halogens is 3. The average molecular weight is 416 g/mol. The molecule has 0 unspecified atom stereocenters. The van der Waals surface area contributed by atoms with Crippen LogP contribution in [0, 0.1) is 0 Å². The normalized spacial score (nSPS) is 19.8. The minimum atomic E-state index is -4.61. The molecule has 1 saturated heterocycles. The van der Waals surface area contributed by atoms with E-state index in [2.05, 4.69) is 4.98 Å². The van der Waals surface area contributed by atoms with Gasteiger partial charge < -0.3 is 24.5 Å². The molecule has 8 nitrogen and oxygen atoms in total. The third-order valence-corrected chi connectivity index (χ3v) is 4.64. The average Bonchev–Trinajstić information content (AvgIpc) is 2.62. The van der Waals surface area contributed by atoms with Crippen molar-refractivity contribution in [2.75, 3.05) is 42.6 Å². The fourth-order valence-electron chi connectivity index (χ4n) is 3.39. The molecule has 0 saturated carbocycles. The van der Waals surface area contributed by atoms with E-state index in [0.29, 0.717) is 0 Å². The summed E-state index contributed by atoms with van der Waals surface area (Å²) in [6.07, 6.45) is -4.45. The molecule has 1 aromatic heterocycles. The summed E-state index contributed by atoms with van der Waals surface area (Å²) in [7, 11) is 0. The first-order valence-electron chi connectivity index (χ1n) is 9.16. The van der Waals surface area contributed by atoms with Crippen LogP contribution in [-0.4, -0.2) is 71.4 Å². The Morgan fingerprint density at radius 3 is 2.59 bits per heavy atom. The maximum atomic E-state index is 13.1. The van der Waals surface area contributed by atoms with Gasteiger partial charge in [-0.25, -0.2) is 9.78 Å². The number of ether oxygens (including phenoxy) is 1. The number of aromatic nitrogens is 1. The lowest BCUT2D eigenvalue weighted by atomic mass is 10.0. The summed E-state index contributed by atoms with van der Waals surface area (Å²) in [5.41, 5.74) is -1.67. The predicted molar refractivity (Wildman–Crippen MR) is 97.6 cm³/mol. The van der Waals surface area contributed by atoms with Crippen LogP contribution in [0.5, 0.6) is 0 Å². The number of aliphatic hydroxyl groups excluding tert-OH is 1. The molecular formula is C18H23F3N4O4. The highest BCUT2D eigenvalue weighted by atomic mass is 19.4. The van der Waals surface area contributed by atoms with E-state index in [1.165, 1.54) is 4.90 Å². The van der Waals surface area contributed by atoms with Crippen LogP contribution in [0.3, 0.4) is 0 Å². The lowest BCUT2D eigenvalue weighted by Crippen LogP contribution is -2.64. The summed E-state index contributed by atoms with van der Waals surface area (Å²) < 4.78 is 44.7. The van der Waals surface area contributed by atoms with Crippen molar-refractivity contribution in [3.05, 3.63) is 17.8 Å². The number of hydrogen-bond donors (Lipinski definition) is 1. The fraction of sp³-hybridized carbons (Fsp3) is 0.611. The van der Waals surface area contributed by atoms with Crippen LogP contribution in [0.25, 0.3) is 0 Å². The molecule has 0 aromatic carbocycles. The number of carbonyl (C=O) groups excluding carboxylic acids is 2. The Hall–Kier alpha value is -2.56. The van der Waals surface area contributed by atoms with E-state index in [1.54, 1.807) is 25.7 Å². The number of nitrogens with zero attached hydrogens (tertiary/aromatic N) is 4. The molecule has 1 aromatic rings. The quantitative estimate of drug-likeness (QED) is 0.792. The lowest BCUT2D eigenvalue weighted by Gasteiger charge is -2.47. The summed E-state index contributed by atoms with van der Waals surface area (Å²) >= 11 is 0. The Balaban J connectivity index is 1.93. The first-order valence-corrected chi connectivity index (χ1v) is 9.16. The van der Waals surface area contributed by atoms with Gasteiger partial charge in [0.15, 0.2) is 5.82 Å². The van der Waals surface area contributed by atoms with Crippen molar-refractivity contribution in [2.24, 2.45) is 0 Å². The zero-order chi connectivity index (χ0) is 21.6. The molecule has 2 aliphatic rings. The second kappa shape index (κ2) is 7.36. The van der Waals surface area contributed by atoms with Crippen LogP contribution in [0.2, 0.25) is 0 Å². The molecule has 1 atom stereocenters. The highest BCUT2D eigenvalue weighted by molar-refractivity contribution is 6.05. The molecule has 0 bridgehead atoms. The molecule has 0 spiro atoms. The van der Waals surface area contributed by atoms with Crippen molar-refractivity contribution < 1.29 is 32.6 Å². The first-order chi connectivity index (χ1) is 13.4. The van der Waals surface area contributed by atoms with Crippen LogP contribution < -0.4 is 9.80 Å². The van der Waals surface area contributed by atoms with Gasteiger partial charge in [0.05, 0.1) is 24.4 Å². The van der Waals surface area contributed by atoms with Crippen LogP contribution in [0.4, 0.5) is 29.5 Å². The number of carbonyl (C=O) groups is 2. The van der Waals surface area contributed by atoms with Crippen molar-refractivity contribution >= 4 is 23.5 Å². The smallest absolute Gasteiger partial charge is 0.417 e. The Kier molecular flexibility index (Phi) is 5.37. The largest absolute Gasteiger partial charge is 0.444 e. The molecule has 2 amide bonds. The number of β-amino-alcohol motifs (C(OH)–C–C–N with tert-alkyl or cyclic N) is 1. The van der Waals surface area contributed by atoms with Crippen LogP contribution >= 0.6 is 0 Å². The number of pyridine rings is 1. The standard InChI is InChI=1S/C18H23F3N4O4/c1-17(2,3)29-16(28)23-4-5-24-13(10-23)15(27)25(6-7-26)12-8-11(18(19,20)21)9-22-14(12)24/h8-9,13,26H,4-7,10H2,1-3H3/t13-/m0/s1. The number of alkyl halides is 3. The van der Waals surface area contributed by atoms with Crippen molar-refractivity contribution in [2.45, 2.75) is 38.6 Å². The molecule has 160 valence electrons. The molecule has 29 heavy (non-hydrogen) atoms. The third-order valence-electron chi connectivity index (χ3n) is 4.64. The topological polar surface area (TPSA) is 86.2 Å². The summed E-state index contributed by atoms with van der Waals surface area (Å²) in [6.45, 7) is 5.05. The zero-order valence-electron chi connectivity index (χ0n) is 16.4. The van der Waals surface area contributed by atoms with Gasteiger partial charge in [0, 0.05) is 25.8 Å². The predicted octanol–water partition coefficient (Wildman–Crippen LogP) is 1.86. The Labute approximate surface area is 165 Å². The van der Waals surface area contributed by atoms with Crippen LogP contribution in [0.1, 0.15) is 26.3 Å². The number of amides is 2. The second-order valence-corrected chi connectivity index (χ2v) is 7.91. The Morgan fingerprint density at radius 2 is 2.00 bits per heavy atom. The van der Waals surface area contributed by atoms with Gasteiger partial charge >= 0.3 is 12.3 Å². The van der Waals surface area contributed by atoms with Gasteiger partial charge in [-0.05, 0) is 26.8 Å². The number of fused-ring (bicyclic) bond motifs is 3. The molecule has 3 rings (SSSR count). The van der Waals surface area contributed by atoms with Crippen LogP contribution in [-0.2, 0) is 15.7 Å². The second-order valence-electron chi connectivity index (χ2n) is 7.91. The molecule has 3 heterocycles. The fourth-order valence-corrected chi connectivity index (χ4v) is 3.39. The van der Waals surface area contributed by atoms with Crippen molar-refractivity contribution in [1.82, 2.24) is 9.88 Å². The number of anilines is 2. The van der Waals surface area contributed by atoms with Gasteiger partial charge in [-0.1, -0.05) is 0 Å². The number of hydrogen-bond acceptors (Lipinski definition) is 6. The summed E-state index contributed by atoms with van der Waals surface area (Å²) in [6, 6.07) is 0.0476. The molecule has 1 N–H and O–H groups in total. The first kappa shape index (κ1) is 21.2. The zero-order valence-corrected chi connectivity index (χ0v) is 16.4. The molecule has 0 aliphatic carbocycles.